The van der Waals surface area contributed by atoms with Crippen LogP contribution in [0.5, 0.6) is 0 Å². The van der Waals surface area contributed by atoms with Crippen molar-refractivity contribution in [3.05, 3.63) is 68.5 Å². The van der Waals surface area contributed by atoms with Gasteiger partial charge >= 0.3 is 6.18 Å². The van der Waals surface area contributed by atoms with Gasteiger partial charge in [-0.3, -0.25) is 9.69 Å². The lowest BCUT2D eigenvalue weighted by molar-refractivity contribution is -0.142. The Kier molecular flexibility index (Phi) is 6.66. The number of aliphatic hydroxyl groups is 1. The topological polar surface area (TPSA) is 48.1 Å². The molecular formula is C29H28Cl2F3N3O2. The van der Waals surface area contributed by atoms with E-state index in [1.165, 1.54) is 54.8 Å². The highest BCUT2D eigenvalue weighted by Gasteiger charge is 2.57. The average molecular weight is 578 g/mol. The second kappa shape index (κ2) is 9.66. The molecule has 0 saturated heterocycles. The maximum atomic E-state index is 14.3. The molecule has 6 rings (SSSR count). The molecule has 0 spiro atoms. The minimum Gasteiger partial charge on any atom is -0.372 e. The predicted molar refractivity (Wildman–Crippen MR) is 143 cm³/mol. The molecule has 3 saturated carbocycles. The van der Waals surface area contributed by atoms with Gasteiger partial charge in [-0.2, -0.15) is 13.2 Å². The van der Waals surface area contributed by atoms with Crippen molar-refractivity contribution in [3.63, 3.8) is 0 Å². The van der Waals surface area contributed by atoms with Gasteiger partial charge in [-0.25, -0.2) is 4.85 Å². The van der Waals surface area contributed by atoms with Crippen LogP contribution in [-0.2, 0) is 16.6 Å². The lowest BCUT2D eigenvalue weighted by Crippen LogP contribution is -2.51. The number of hydrogen-bond donors (Lipinski definition) is 1. The monoisotopic (exact) mass is 577 g/mol. The maximum absolute atomic E-state index is 14.3. The number of carbonyl (C=O) groups excluding carboxylic acids is 1. The first kappa shape index (κ1) is 26.9. The van der Waals surface area contributed by atoms with Gasteiger partial charge in [0.1, 0.15) is 0 Å². The first-order valence-corrected chi connectivity index (χ1v) is 14.1. The van der Waals surface area contributed by atoms with Crippen LogP contribution < -0.4 is 4.90 Å². The molecule has 0 aromatic heterocycles. The van der Waals surface area contributed by atoms with Crippen LogP contribution >= 0.6 is 23.2 Å². The smallest absolute Gasteiger partial charge is 0.372 e. The molecule has 3 fully saturated rings. The van der Waals surface area contributed by atoms with Crippen molar-refractivity contribution in [2.45, 2.75) is 56.3 Å². The Labute approximate surface area is 235 Å². The number of halogens is 5. The molecule has 2 aromatic carbocycles. The molecule has 39 heavy (non-hydrogen) atoms. The standard InChI is InChI=1S/C29H28Cl2F3N3O2/c1-35-20-11-23(29(32,33)34)26-25(12-20)37(27(38)28(26,39)22-7-6-19(30)10-24(22)31)15-18-8-21(9-18)36(13-16-2-3-16)14-17-4-5-17/h6-7,10-12,16-18,21,39H,2-5,8-9,13-15H2. The molecule has 4 aliphatic rings. The normalized spacial score (nSPS) is 26.5. The van der Waals surface area contributed by atoms with Gasteiger partial charge in [0.15, 0.2) is 11.3 Å². The summed E-state index contributed by atoms with van der Waals surface area (Å²) in [4.78, 5) is 21.0. The Hall–Kier alpha value is -2.31. The van der Waals surface area contributed by atoms with E-state index in [-0.39, 0.29) is 39.4 Å². The zero-order valence-electron chi connectivity index (χ0n) is 21.1. The molecule has 1 amide bonds. The molecule has 1 atom stereocenters. The van der Waals surface area contributed by atoms with Crippen LogP contribution in [0.25, 0.3) is 4.85 Å². The molecule has 0 bridgehead atoms. The maximum Gasteiger partial charge on any atom is 0.415 e. The van der Waals surface area contributed by atoms with Crippen molar-refractivity contribution >= 4 is 40.5 Å². The van der Waals surface area contributed by atoms with Crippen LogP contribution in [0.15, 0.2) is 30.3 Å². The fourth-order valence-corrected chi connectivity index (χ4v) is 6.71. The van der Waals surface area contributed by atoms with Gasteiger partial charge in [-0.1, -0.05) is 29.3 Å². The second-order valence-corrected chi connectivity index (χ2v) is 12.4. The molecule has 2 aromatic rings. The lowest BCUT2D eigenvalue weighted by atomic mass is 9.78. The quantitative estimate of drug-likeness (QED) is 0.342. The zero-order valence-corrected chi connectivity index (χ0v) is 22.7. The van der Waals surface area contributed by atoms with Gasteiger partial charge in [0, 0.05) is 52.5 Å². The Bertz CT molecular complexity index is 1350. The number of benzene rings is 2. The molecule has 10 heteroatoms. The Morgan fingerprint density at radius 2 is 1.69 bits per heavy atom. The third-order valence-electron chi connectivity index (χ3n) is 8.61. The second-order valence-electron chi connectivity index (χ2n) is 11.6. The molecule has 3 aliphatic carbocycles. The zero-order chi connectivity index (χ0) is 27.7. The fraction of sp³-hybridized carbons (Fsp3) is 0.517. The van der Waals surface area contributed by atoms with Crippen molar-refractivity contribution in [2.24, 2.45) is 17.8 Å². The third-order valence-corrected chi connectivity index (χ3v) is 9.16. The number of anilines is 1. The van der Waals surface area contributed by atoms with Gasteiger partial charge < -0.3 is 10.0 Å². The molecule has 1 unspecified atom stereocenters. The summed E-state index contributed by atoms with van der Waals surface area (Å²) in [6.07, 6.45) is 1.85. The number of hydrogen-bond acceptors (Lipinski definition) is 3. The van der Waals surface area contributed by atoms with E-state index in [1.807, 2.05) is 0 Å². The van der Waals surface area contributed by atoms with Crippen molar-refractivity contribution in [2.75, 3.05) is 24.5 Å². The number of carbonyl (C=O) groups is 1. The van der Waals surface area contributed by atoms with Crippen LogP contribution in [0.1, 0.15) is 55.2 Å². The van der Waals surface area contributed by atoms with Gasteiger partial charge in [-0.05, 0) is 80.5 Å². The van der Waals surface area contributed by atoms with Gasteiger partial charge in [0.05, 0.1) is 12.1 Å². The predicted octanol–water partition coefficient (Wildman–Crippen LogP) is 7.05. The molecule has 5 nitrogen and oxygen atoms in total. The Morgan fingerprint density at radius 3 is 2.23 bits per heavy atom. The summed E-state index contributed by atoms with van der Waals surface area (Å²) in [6.45, 7) is 9.73. The summed E-state index contributed by atoms with van der Waals surface area (Å²) in [6, 6.07) is 6.30. The molecular weight excluding hydrogens is 550 g/mol. The number of fused-ring (bicyclic) bond motifs is 1. The van der Waals surface area contributed by atoms with Gasteiger partial charge in [-0.15, -0.1) is 0 Å². The molecule has 0 radical (unpaired) electrons. The Morgan fingerprint density at radius 1 is 1.05 bits per heavy atom. The first-order chi connectivity index (χ1) is 18.5. The fourth-order valence-electron chi connectivity index (χ4n) is 6.16. The van der Waals surface area contributed by atoms with E-state index in [9.17, 15) is 23.1 Å². The van der Waals surface area contributed by atoms with E-state index in [1.54, 1.807) is 0 Å². The summed E-state index contributed by atoms with van der Waals surface area (Å²) in [5.74, 6) is 0.705. The van der Waals surface area contributed by atoms with E-state index < -0.39 is 28.8 Å². The van der Waals surface area contributed by atoms with Crippen molar-refractivity contribution in [1.29, 1.82) is 0 Å². The summed E-state index contributed by atoms with van der Waals surface area (Å²) in [7, 11) is 0. The van der Waals surface area contributed by atoms with Crippen LogP contribution in [0.2, 0.25) is 10.0 Å². The van der Waals surface area contributed by atoms with Gasteiger partial charge in [0.2, 0.25) is 0 Å². The number of alkyl halides is 3. The first-order valence-electron chi connectivity index (χ1n) is 13.4. The SMILES string of the molecule is [C-]#[N+]c1cc2c(c(C(F)(F)F)c1)C(O)(c1ccc(Cl)cc1Cl)C(=O)N2CC1CC(N(CC2CC2)CC2CC2)C1. The summed E-state index contributed by atoms with van der Waals surface area (Å²) in [5.41, 5.74) is -4.99. The largest absolute Gasteiger partial charge is 0.415 e. The minimum absolute atomic E-state index is 0.0710. The van der Waals surface area contributed by atoms with Crippen molar-refractivity contribution < 1.29 is 23.1 Å². The van der Waals surface area contributed by atoms with E-state index in [4.69, 9.17) is 29.8 Å². The van der Waals surface area contributed by atoms with Crippen molar-refractivity contribution in [3.8, 4) is 0 Å². The van der Waals surface area contributed by atoms with Gasteiger partial charge in [0.25, 0.3) is 5.91 Å². The number of nitrogens with zero attached hydrogens (tertiary/aromatic N) is 3. The average Bonchev–Trinajstić information content (AvgIpc) is 3.78. The molecule has 1 aliphatic heterocycles. The summed E-state index contributed by atoms with van der Waals surface area (Å²) in [5, 5.41) is 12.0. The minimum atomic E-state index is -4.92. The molecule has 1 N–H and O–H groups in total. The van der Waals surface area contributed by atoms with E-state index in [2.05, 4.69) is 9.74 Å². The number of rotatable bonds is 8. The highest BCUT2D eigenvalue weighted by atomic mass is 35.5. The molecule has 1 heterocycles. The van der Waals surface area contributed by atoms with Crippen LogP contribution in [0.4, 0.5) is 24.5 Å². The highest BCUT2D eigenvalue weighted by molar-refractivity contribution is 6.35. The van der Waals surface area contributed by atoms with E-state index in [0.29, 0.717) is 12.1 Å². The third kappa shape index (κ3) is 4.93. The van der Waals surface area contributed by atoms with E-state index >= 15 is 0 Å². The lowest BCUT2D eigenvalue weighted by Gasteiger charge is -2.44. The number of amides is 1. The summed E-state index contributed by atoms with van der Waals surface area (Å²) < 4.78 is 43.0. The summed E-state index contributed by atoms with van der Waals surface area (Å²) >= 11 is 12.3. The molecule has 206 valence electrons. The highest BCUT2D eigenvalue weighted by Crippen LogP contribution is 2.54. The van der Waals surface area contributed by atoms with E-state index in [0.717, 1.165) is 37.8 Å². The van der Waals surface area contributed by atoms with Crippen molar-refractivity contribution in [1.82, 2.24) is 4.90 Å². The van der Waals surface area contributed by atoms with Crippen LogP contribution in [-0.4, -0.2) is 41.6 Å². The van der Waals surface area contributed by atoms with Crippen LogP contribution in [0, 0.1) is 24.3 Å². The van der Waals surface area contributed by atoms with Crippen LogP contribution in [0.3, 0.4) is 0 Å². The Balaban J connectivity index is 1.34.